The van der Waals surface area contributed by atoms with Gasteiger partial charge in [0.25, 0.3) is 0 Å². The third-order valence-electron chi connectivity index (χ3n) is 3.00. The molecular formula is C11H13F3N2O2S. The van der Waals surface area contributed by atoms with Crippen LogP contribution in [0.2, 0.25) is 0 Å². The lowest BCUT2D eigenvalue weighted by Crippen LogP contribution is -2.38. The molecule has 3 N–H and O–H groups in total. The van der Waals surface area contributed by atoms with E-state index in [4.69, 9.17) is 5.73 Å². The Balaban J connectivity index is 2.14. The smallest absolute Gasteiger partial charge is 0.240 e. The lowest BCUT2D eigenvalue weighted by Gasteiger charge is -2.12. The van der Waals surface area contributed by atoms with Gasteiger partial charge in [-0.3, -0.25) is 0 Å². The van der Waals surface area contributed by atoms with Gasteiger partial charge in [0.15, 0.2) is 17.5 Å². The average molecular weight is 294 g/mol. The van der Waals surface area contributed by atoms with Crippen LogP contribution in [0.15, 0.2) is 17.0 Å². The second kappa shape index (κ2) is 5.10. The highest BCUT2D eigenvalue weighted by molar-refractivity contribution is 7.89. The van der Waals surface area contributed by atoms with Gasteiger partial charge in [-0.1, -0.05) is 0 Å². The van der Waals surface area contributed by atoms with Gasteiger partial charge < -0.3 is 5.73 Å². The summed E-state index contributed by atoms with van der Waals surface area (Å²) < 4.78 is 64.4. The molecule has 1 aromatic rings. The maximum Gasteiger partial charge on any atom is 0.240 e. The van der Waals surface area contributed by atoms with Crippen LogP contribution < -0.4 is 10.5 Å². The molecule has 2 rings (SSSR count). The normalized spacial score (nSPS) is 17.5. The summed E-state index contributed by atoms with van der Waals surface area (Å²) in [5, 5.41) is 0. The maximum absolute atomic E-state index is 13.0. The van der Waals surface area contributed by atoms with Crippen LogP contribution in [0.25, 0.3) is 0 Å². The summed E-state index contributed by atoms with van der Waals surface area (Å²) >= 11 is 0. The Morgan fingerprint density at radius 3 is 2.26 bits per heavy atom. The van der Waals surface area contributed by atoms with Crippen LogP contribution >= 0.6 is 0 Å². The fraction of sp³-hybridized carbons (Fsp3) is 0.455. The molecule has 4 nitrogen and oxygen atoms in total. The van der Waals surface area contributed by atoms with Gasteiger partial charge in [0.1, 0.15) is 0 Å². The number of nitrogens with one attached hydrogen (secondary N) is 1. The summed E-state index contributed by atoms with van der Waals surface area (Å²) in [7, 11) is -4.10. The number of sulfonamides is 1. The Morgan fingerprint density at radius 1 is 1.26 bits per heavy atom. The zero-order valence-corrected chi connectivity index (χ0v) is 10.7. The van der Waals surface area contributed by atoms with Gasteiger partial charge >= 0.3 is 0 Å². The molecule has 0 heterocycles. The van der Waals surface area contributed by atoms with E-state index in [1.165, 1.54) is 0 Å². The van der Waals surface area contributed by atoms with Crippen LogP contribution in [0.4, 0.5) is 13.2 Å². The highest BCUT2D eigenvalue weighted by Gasteiger charge is 2.29. The summed E-state index contributed by atoms with van der Waals surface area (Å²) in [4.78, 5) is -0.660. The molecule has 1 aromatic carbocycles. The largest absolute Gasteiger partial charge is 0.326 e. The maximum atomic E-state index is 13.0. The standard InChI is InChI=1S/C11H13F3N2O2S/c12-8-3-7(4-9(13)11(8)14)19(17,18)16-5-10(15)6-1-2-6/h3-4,6,10,16H,1-2,5,15H2. The Kier molecular flexibility index (Phi) is 3.84. The molecule has 0 saturated heterocycles. The van der Waals surface area contributed by atoms with Crippen LogP contribution in [0.1, 0.15) is 12.8 Å². The third kappa shape index (κ3) is 3.26. The number of hydrogen-bond acceptors (Lipinski definition) is 3. The first kappa shape index (κ1) is 14.3. The van der Waals surface area contributed by atoms with Gasteiger partial charge in [0.2, 0.25) is 10.0 Å². The van der Waals surface area contributed by atoms with E-state index in [0.29, 0.717) is 12.1 Å². The summed E-state index contributed by atoms with van der Waals surface area (Å²) in [5.74, 6) is -4.52. The zero-order valence-electron chi connectivity index (χ0n) is 9.87. The quantitative estimate of drug-likeness (QED) is 0.799. The lowest BCUT2D eigenvalue weighted by atomic mass is 10.2. The molecule has 1 aliphatic carbocycles. The highest BCUT2D eigenvalue weighted by Crippen LogP contribution is 2.31. The van der Waals surface area contributed by atoms with Crippen molar-refractivity contribution in [3.8, 4) is 0 Å². The number of rotatable bonds is 5. The lowest BCUT2D eigenvalue weighted by molar-refractivity contribution is 0.442. The van der Waals surface area contributed by atoms with Crippen LogP contribution in [0.3, 0.4) is 0 Å². The van der Waals surface area contributed by atoms with E-state index in [1.54, 1.807) is 0 Å². The second-order valence-electron chi connectivity index (χ2n) is 4.55. The first-order valence-electron chi connectivity index (χ1n) is 5.71. The fourth-order valence-electron chi connectivity index (χ4n) is 1.67. The molecule has 0 spiro atoms. The molecule has 0 radical (unpaired) electrons. The first-order valence-corrected chi connectivity index (χ1v) is 7.19. The third-order valence-corrected chi connectivity index (χ3v) is 4.41. The van der Waals surface area contributed by atoms with Crippen molar-refractivity contribution < 1.29 is 21.6 Å². The average Bonchev–Trinajstić information content (AvgIpc) is 3.16. The van der Waals surface area contributed by atoms with Crippen LogP contribution in [0.5, 0.6) is 0 Å². The van der Waals surface area contributed by atoms with Crippen molar-refractivity contribution in [2.75, 3.05) is 6.54 Å². The summed E-state index contributed by atoms with van der Waals surface area (Å²) in [6.07, 6.45) is 1.89. The van der Waals surface area contributed by atoms with Gasteiger partial charge in [0.05, 0.1) is 4.90 Å². The molecule has 8 heteroatoms. The van der Waals surface area contributed by atoms with Crippen LogP contribution in [-0.4, -0.2) is 21.0 Å². The van der Waals surface area contributed by atoms with E-state index in [1.807, 2.05) is 0 Å². The van der Waals surface area contributed by atoms with E-state index in [9.17, 15) is 21.6 Å². The molecule has 1 fully saturated rings. The summed E-state index contributed by atoms with van der Waals surface area (Å²) in [6, 6.07) is 0.539. The predicted molar refractivity (Wildman–Crippen MR) is 62.2 cm³/mol. The number of halogens is 3. The number of nitrogens with two attached hydrogens (primary N) is 1. The van der Waals surface area contributed by atoms with Gasteiger partial charge in [-0.25, -0.2) is 26.3 Å². The number of benzene rings is 1. The van der Waals surface area contributed by atoms with Gasteiger partial charge in [-0.05, 0) is 30.9 Å². The van der Waals surface area contributed by atoms with Crippen LogP contribution in [0, 0.1) is 23.4 Å². The molecule has 0 bridgehead atoms. The van der Waals surface area contributed by atoms with Crippen molar-refractivity contribution in [3.63, 3.8) is 0 Å². The van der Waals surface area contributed by atoms with Crippen molar-refractivity contribution in [1.82, 2.24) is 4.72 Å². The van der Waals surface area contributed by atoms with E-state index < -0.39 is 32.4 Å². The van der Waals surface area contributed by atoms with Crippen molar-refractivity contribution in [2.45, 2.75) is 23.8 Å². The molecule has 1 unspecified atom stereocenters. The molecule has 106 valence electrons. The topological polar surface area (TPSA) is 72.2 Å². The SMILES string of the molecule is NC(CNS(=O)(=O)c1cc(F)c(F)c(F)c1)C1CC1. The van der Waals surface area contributed by atoms with E-state index in [-0.39, 0.29) is 18.5 Å². The van der Waals surface area contributed by atoms with E-state index in [0.717, 1.165) is 12.8 Å². The zero-order chi connectivity index (χ0) is 14.2. The number of hydrogen-bond donors (Lipinski definition) is 2. The molecule has 1 saturated carbocycles. The van der Waals surface area contributed by atoms with E-state index in [2.05, 4.69) is 4.72 Å². The Labute approximate surface area is 108 Å². The van der Waals surface area contributed by atoms with Crippen molar-refractivity contribution in [1.29, 1.82) is 0 Å². The molecule has 1 atom stereocenters. The molecular weight excluding hydrogens is 281 g/mol. The summed E-state index contributed by atoms with van der Waals surface area (Å²) in [5.41, 5.74) is 5.71. The predicted octanol–water partition coefficient (Wildman–Crippen LogP) is 1.12. The van der Waals surface area contributed by atoms with Crippen molar-refractivity contribution in [3.05, 3.63) is 29.6 Å². The molecule has 0 aliphatic heterocycles. The second-order valence-corrected chi connectivity index (χ2v) is 6.32. The minimum Gasteiger partial charge on any atom is -0.326 e. The Bertz CT molecular complexity index is 565. The van der Waals surface area contributed by atoms with Crippen molar-refractivity contribution in [2.24, 2.45) is 11.7 Å². The van der Waals surface area contributed by atoms with Crippen molar-refractivity contribution >= 4 is 10.0 Å². The monoisotopic (exact) mass is 294 g/mol. The van der Waals surface area contributed by atoms with E-state index >= 15 is 0 Å². The van der Waals surface area contributed by atoms with Gasteiger partial charge in [-0.15, -0.1) is 0 Å². The van der Waals surface area contributed by atoms with Crippen LogP contribution in [-0.2, 0) is 10.0 Å². The molecule has 1 aliphatic rings. The summed E-state index contributed by atoms with van der Waals surface area (Å²) in [6.45, 7) is -0.0202. The molecule has 19 heavy (non-hydrogen) atoms. The minimum atomic E-state index is -4.10. The highest BCUT2D eigenvalue weighted by atomic mass is 32.2. The Hall–Kier alpha value is -1.12. The van der Waals surface area contributed by atoms with Gasteiger partial charge in [-0.2, -0.15) is 0 Å². The first-order chi connectivity index (χ1) is 8.81. The fourth-order valence-corrected chi connectivity index (χ4v) is 2.76. The molecule has 0 amide bonds. The minimum absolute atomic E-state index is 0.0202. The van der Waals surface area contributed by atoms with Gasteiger partial charge in [0, 0.05) is 12.6 Å². The molecule has 0 aromatic heterocycles. The Morgan fingerprint density at radius 2 is 1.79 bits per heavy atom.